The van der Waals surface area contributed by atoms with Gasteiger partial charge in [-0.15, -0.1) is 0 Å². The summed E-state index contributed by atoms with van der Waals surface area (Å²) in [6, 6.07) is 9.82. The molecule has 0 atom stereocenters. The lowest BCUT2D eigenvalue weighted by Crippen LogP contribution is -2.06. The van der Waals surface area contributed by atoms with Crippen molar-refractivity contribution in [2.75, 3.05) is 27.1 Å². The van der Waals surface area contributed by atoms with E-state index in [1.165, 1.54) is 26.4 Å². The topological polar surface area (TPSA) is 128 Å². The smallest absolute Gasteiger partial charge is 0.341 e. The number of esters is 1. The number of aromatic hydroxyl groups is 2. The normalized spacial score (nSPS) is 10.8. The fraction of sp³-hybridized carbons (Fsp3) is 0.200. The zero-order valence-corrected chi connectivity index (χ0v) is 25.3. The molecule has 0 radical (unpaired) electrons. The first-order valence-corrected chi connectivity index (χ1v) is 13.5. The van der Waals surface area contributed by atoms with Gasteiger partial charge in [-0.25, -0.2) is 4.79 Å². The van der Waals surface area contributed by atoms with Crippen molar-refractivity contribution in [2.45, 2.75) is 27.7 Å². The molecule has 4 rings (SSSR count). The van der Waals surface area contributed by atoms with Crippen LogP contribution in [0.4, 0.5) is 5.69 Å². The summed E-state index contributed by atoms with van der Waals surface area (Å²) in [6.07, 6.45) is 2.26. The summed E-state index contributed by atoms with van der Waals surface area (Å²) in [4.78, 5) is 24.5. The maximum atomic E-state index is 12.6. The van der Waals surface area contributed by atoms with Gasteiger partial charge in [-0.1, -0.05) is 12.7 Å². The van der Waals surface area contributed by atoms with Crippen LogP contribution < -0.4 is 15.2 Å². The molecular weight excluding hydrogens is 546 g/mol. The van der Waals surface area contributed by atoms with E-state index in [4.69, 9.17) is 19.9 Å². The maximum Gasteiger partial charge on any atom is 0.341 e. The van der Waals surface area contributed by atoms with Gasteiger partial charge >= 0.3 is 5.97 Å². The molecule has 43 heavy (non-hydrogen) atoms. The minimum atomic E-state index is -0.673. The molecule has 0 heterocycles. The molecule has 0 aliphatic rings. The van der Waals surface area contributed by atoms with Crippen molar-refractivity contribution in [3.05, 3.63) is 81.9 Å². The van der Waals surface area contributed by atoms with E-state index in [0.29, 0.717) is 34.6 Å². The Balaban J connectivity index is 2.29. The molecule has 4 aromatic carbocycles. The highest BCUT2D eigenvalue weighted by Crippen LogP contribution is 2.50. The van der Waals surface area contributed by atoms with Crippen LogP contribution in [0.15, 0.2) is 43.0 Å². The first-order chi connectivity index (χ1) is 20.4. The molecule has 0 amide bonds. The fourth-order valence-electron chi connectivity index (χ4n) is 5.86. The number of ether oxygens (including phenoxy) is 3. The molecule has 4 aromatic rings. The third kappa shape index (κ3) is 5.16. The average Bonchev–Trinajstić information content (AvgIpc) is 2.98. The lowest BCUT2D eigenvalue weighted by Gasteiger charge is -2.26. The molecule has 0 unspecified atom stereocenters. The number of phenols is 2. The number of hydrogen-bond donors (Lipinski definition) is 3. The fourth-order valence-corrected chi connectivity index (χ4v) is 5.86. The van der Waals surface area contributed by atoms with E-state index in [1.54, 1.807) is 31.4 Å². The number of rotatable bonds is 8. The van der Waals surface area contributed by atoms with Crippen LogP contribution in [-0.4, -0.2) is 43.8 Å². The van der Waals surface area contributed by atoms with Gasteiger partial charge in [-0.2, -0.15) is 0 Å². The number of aldehydes is 1. The van der Waals surface area contributed by atoms with Crippen molar-refractivity contribution >= 4 is 24.0 Å². The van der Waals surface area contributed by atoms with Crippen LogP contribution in [0, 0.1) is 27.7 Å². The third-order valence-corrected chi connectivity index (χ3v) is 7.91. The summed E-state index contributed by atoms with van der Waals surface area (Å²) < 4.78 is 16.4. The van der Waals surface area contributed by atoms with Gasteiger partial charge < -0.3 is 30.2 Å². The molecular formula is C35H35NO7. The highest BCUT2D eigenvalue weighted by molar-refractivity contribution is 5.99. The number of carbonyl (C=O) groups excluding carboxylic acids is 2. The first kappa shape index (κ1) is 30.7. The highest BCUT2D eigenvalue weighted by atomic mass is 16.5. The van der Waals surface area contributed by atoms with E-state index in [2.05, 4.69) is 6.58 Å². The van der Waals surface area contributed by atoms with Crippen LogP contribution >= 0.6 is 0 Å². The second kappa shape index (κ2) is 11.9. The monoisotopic (exact) mass is 581 g/mol. The van der Waals surface area contributed by atoms with E-state index in [0.717, 1.165) is 50.1 Å². The number of nitrogens with two attached hydrogens (primary N) is 1. The van der Waals surface area contributed by atoms with E-state index in [9.17, 15) is 19.8 Å². The lowest BCUT2D eigenvalue weighted by molar-refractivity contribution is 0.0597. The summed E-state index contributed by atoms with van der Waals surface area (Å²) in [7, 11) is 4.32. The van der Waals surface area contributed by atoms with Crippen molar-refractivity contribution in [1.29, 1.82) is 0 Å². The number of carbonyl (C=O) groups is 2. The maximum absolute atomic E-state index is 12.6. The van der Waals surface area contributed by atoms with Crippen LogP contribution in [0.1, 0.15) is 48.5 Å². The Morgan fingerprint density at radius 2 is 1.26 bits per heavy atom. The Morgan fingerprint density at radius 3 is 1.74 bits per heavy atom. The molecule has 0 aliphatic heterocycles. The Bertz CT molecular complexity index is 1710. The largest absolute Gasteiger partial charge is 0.507 e. The van der Waals surface area contributed by atoms with Gasteiger partial charge in [0.15, 0.2) is 6.29 Å². The van der Waals surface area contributed by atoms with Crippen LogP contribution in [0.25, 0.3) is 39.5 Å². The number of benzene rings is 4. The van der Waals surface area contributed by atoms with E-state index < -0.39 is 5.97 Å². The zero-order valence-electron chi connectivity index (χ0n) is 25.3. The van der Waals surface area contributed by atoms with E-state index in [-0.39, 0.29) is 22.6 Å². The minimum Gasteiger partial charge on any atom is -0.507 e. The summed E-state index contributed by atoms with van der Waals surface area (Å²) in [6.45, 7) is 11.7. The number of hydrogen-bond acceptors (Lipinski definition) is 8. The Hall–Kier alpha value is -5.24. The standard InChI is InChI=1S/C35H35NO7/c1-9-21-11-25(30(41-6)14-27(21)36)33-18(3)32(23-13-24(35(40)43-8)29(39)10-17(23)2)19(4)34(20(33)5)26-12-22(16-37)28(38)15-31(26)42-7/h9-16,38-39H,1,36H2,2-8H3. The summed E-state index contributed by atoms with van der Waals surface area (Å²) >= 11 is 0. The van der Waals surface area contributed by atoms with E-state index >= 15 is 0 Å². The number of methoxy groups -OCH3 is 3. The predicted molar refractivity (Wildman–Crippen MR) is 169 cm³/mol. The third-order valence-electron chi connectivity index (χ3n) is 7.91. The molecule has 8 heteroatoms. The number of aryl methyl sites for hydroxylation is 1. The summed E-state index contributed by atoms with van der Waals surface area (Å²) in [5, 5.41) is 21.0. The van der Waals surface area contributed by atoms with Crippen LogP contribution in [0.2, 0.25) is 0 Å². The predicted octanol–water partition coefficient (Wildman–Crippen LogP) is 7.17. The van der Waals surface area contributed by atoms with Gasteiger partial charge in [-0.05, 0) is 102 Å². The van der Waals surface area contributed by atoms with Crippen molar-refractivity contribution < 1.29 is 34.0 Å². The van der Waals surface area contributed by atoms with Gasteiger partial charge in [0, 0.05) is 28.9 Å². The quantitative estimate of drug-likeness (QED) is 0.113. The summed E-state index contributed by atoms with van der Waals surface area (Å²) in [5.74, 6) is -0.162. The highest BCUT2D eigenvalue weighted by Gasteiger charge is 2.27. The zero-order chi connectivity index (χ0) is 31.7. The molecule has 222 valence electrons. The van der Waals surface area contributed by atoms with E-state index in [1.807, 2.05) is 33.8 Å². The van der Waals surface area contributed by atoms with Crippen LogP contribution in [0.3, 0.4) is 0 Å². The van der Waals surface area contributed by atoms with Gasteiger partial charge in [0.2, 0.25) is 0 Å². The molecule has 0 fully saturated rings. The number of phenolic OH excluding ortho intramolecular Hbond substituents is 2. The van der Waals surface area contributed by atoms with Crippen LogP contribution in [-0.2, 0) is 4.74 Å². The van der Waals surface area contributed by atoms with Gasteiger partial charge in [0.25, 0.3) is 0 Å². The Kier molecular flexibility index (Phi) is 8.52. The molecule has 0 aliphatic carbocycles. The number of nitrogen functional groups attached to an aromatic ring is 1. The second-order valence-corrected chi connectivity index (χ2v) is 10.3. The molecule has 0 spiro atoms. The van der Waals surface area contributed by atoms with Crippen molar-refractivity contribution in [2.24, 2.45) is 0 Å². The van der Waals surface area contributed by atoms with Crippen molar-refractivity contribution in [3.8, 4) is 56.4 Å². The van der Waals surface area contributed by atoms with Gasteiger partial charge in [0.1, 0.15) is 28.6 Å². The average molecular weight is 582 g/mol. The Morgan fingerprint density at radius 1 is 0.744 bits per heavy atom. The molecule has 0 bridgehead atoms. The molecule has 8 nitrogen and oxygen atoms in total. The molecule has 4 N–H and O–H groups in total. The van der Waals surface area contributed by atoms with Crippen molar-refractivity contribution in [1.82, 2.24) is 0 Å². The van der Waals surface area contributed by atoms with Gasteiger partial charge in [-0.3, -0.25) is 4.79 Å². The molecule has 0 aromatic heterocycles. The van der Waals surface area contributed by atoms with Crippen LogP contribution in [0.5, 0.6) is 23.0 Å². The van der Waals surface area contributed by atoms with Crippen molar-refractivity contribution in [3.63, 3.8) is 0 Å². The SMILES string of the molecule is C=Cc1cc(-c2c(C)c(-c3cc(C(=O)OC)c(O)cc3C)c(C)c(-c3cc(C=O)c(O)cc3OC)c2C)c(OC)cc1N. The molecule has 0 saturated carbocycles. The second-order valence-electron chi connectivity index (χ2n) is 10.3. The van der Waals surface area contributed by atoms with Gasteiger partial charge in [0.05, 0.1) is 26.9 Å². The Labute approximate surface area is 251 Å². The summed E-state index contributed by atoms with van der Waals surface area (Å²) in [5.41, 5.74) is 15.3. The minimum absolute atomic E-state index is 0.0232. The first-order valence-electron chi connectivity index (χ1n) is 13.5. The number of anilines is 1. The lowest BCUT2D eigenvalue weighted by atomic mass is 9.79. The molecule has 0 saturated heterocycles.